The minimum atomic E-state index is -0.358. The summed E-state index contributed by atoms with van der Waals surface area (Å²) in [6.07, 6.45) is 1.04. The van der Waals surface area contributed by atoms with Gasteiger partial charge in [-0.1, -0.05) is 10.2 Å². The molecule has 1 aliphatic heterocycles. The van der Waals surface area contributed by atoms with Crippen molar-refractivity contribution in [2.45, 2.75) is 12.8 Å². The summed E-state index contributed by atoms with van der Waals surface area (Å²) in [6, 6.07) is 0. The molecule has 1 heterocycles. The van der Waals surface area contributed by atoms with Crippen LogP contribution in [0.15, 0.2) is 0 Å². The molecule has 1 amide bonds. The fraction of sp³-hybridized carbons (Fsp3) is 0.750. The Bertz CT molecular complexity index is 115. The molecule has 0 saturated carbocycles. The van der Waals surface area contributed by atoms with E-state index < -0.39 is 0 Å². The lowest BCUT2D eigenvalue weighted by Crippen LogP contribution is -2.34. The second-order valence-corrected chi connectivity index (χ2v) is 1.67. The molecule has 5 nitrogen and oxygen atoms in total. The first kappa shape index (κ1) is 6.47. The average Bonchev–Trinajstić information content (AvgIpc) is 1.89. The van der Waals surface area contributed by atoms with E-state index in [4.69, 9.17) is 5.26 Å². The number of carbonyl (C=O) groups is 1. The quantitative estimate of drug-likeness (QED) is 0.402. The van der Waals surface area contributed by atoms with E-state index in [1.807, 2.05) is 0 Å². The topological polar surface area (TPSA) is 59.0 Å². The van der Waals surface area contributed by atoms with Crippen molar-refractivity contribution in [1.82, 2.24) is 5.23 Å². The Morgan fingerprint density at radius 3 is 3.00 bits per heavy atom. The van der Waals surface area contributed by atoms with E-state index in [1.54, 1.807) is 0 Å². The molecule has 52 valence electrons. The molecule has 1 saturated heterocycles. The SMILES string of the molecule is O=C1CCCON1OO. The molecule has 0 unspecified atom stereocenters. The van der Waals surface area contributed by atoms with Crippen LogP contribution in [0.1, 0.15) is 12.8 Å². The number of amides is 1. The van der Waals surface area contributed by atoms with E-state index >= 15 is 0 Å². The molecule has 9 heavy (non-hydrogen) atoms. The van der Waals surface area contributed by atoms with E-state index in [0.717, 1.165) is 0 Å². The molecule has 0 bridgehead atoms. The maximum atomic E-state index is 10.5. The summed E-state index contributed by atoms with van der Waals surface area (Å²) in [6.45, 7) is 0.409. The molecule has 0 radical (unpaired) electrons. The first-order valence-corrected chi connectivity index (χ1v) is 2.62. The highest BCUT2D eigenvalue weighted by atomic mass is 17.3. The number of nitrogens with zero attached hydrogens (tertiary/aromatic N) is 1. The maximum Gasteiger partial charge on any atom is 0.276 e. The van der Waals surface area contributed by atoms with E-state index in [9.17, 15) is 4.79 Å². The van der Waals surface area contributed by atoms with Crippen molar-refractivity contribution in [2.24, 2.45) is 0 Å². The van der Waals surface area contributed by atoms with Gasteiger partial charge < -0.3 is 0 Å². The monoisotopic (exact) mass is 133 g/mol. The molecular weight excluding hydrogens is 126 g/mol. The largest absolute Gasteiger partial charge is 0.276 e. The highest BCUT2D eigenvalue weighted by molar-refractivity contribution is 5.74. The maximum absolute atomic E-state index is 10.5. The zero-order chi connectivity index (χ0) is 6.69. The Labute approximate surface area is 51.6 Å². The first-order chi connectivity index (χ1) is 4.34. The lowest BCUT2D eigenvalue weighted by Gasteiger charge is -2.19. The van der Waals surface area contributed by atoms with Crippen LogP contribution in [0.2, 0.25) is 0 Å². The number of hydrogen-bond donors (Lipinski definition) is 1. The number of carbonyl (C=O) groups excluding carboxylic acids is 1. The van der Waals surface area contributed by atoms with Gasteiger partial charge in [0.25, 0.3) is 5.91 Å². The van der Waals surface area contributed by atoms with Gasteiger partial charge in [0.2, 0.25) is 0 Å². The summed E-state index contributed by atoms with van der Waals surface area (Å²) in [5.41, 5.74) is 0. The summed E-state index contributed by atoms with van der Waals surface area (Å²) in [4.78, 5) is 18.7. The van der Waals surface area contributed by atoms with Gasteiger partial charge in [0.1, 0.15) is 0 Å². The molecule has 0 aromatic heterocycles. The van der Waals surface area contributed by atoms with Crippen LogP contribution >= 0.6 is 0 Å². The predicted molar refractivity (Wildman–Crippen MR) is 25.7 cm³/mol. The van der Waals surface area contributed by atoms with E-state index in [0.29, 0.717) is 24.7 Å². The summed E-state index contributed by atoms with van der Waals surface area (Å²) >= 11 is 0. The van der Waals surface area contributed by atoms with Crippen LogP contribution in [-0.4, -0.2) is 23.0 Å². The zero-order valence-electron chi connectivity index (χ0n) is 4.74. The second-order valence-electron chi connectivity index (χ2n) is 1.67. The Balaban J connectivity index is 2.39. The van der Waals surface area contributed by atoms with Crippen LogP contribution in [0.25, 0.3) is 0 Å². The smallest absolute Gasteiger partial charge is 0.270 e. The van der Waals surface area contributed by atoms with Crippen molar-refractivity contribution in [3.05, 3.63) is 0 Å². The molecule has 1 N–H and O–H groups in total. The highest BCUT2D eigenvalue weighted by Crippen LogP contribution is 2.06. The minimum Gasteiger partial charge on any atom is -0.270 e. The van der Waals surface area contributed by atoms with Crippen molar-refractivity contribution in [3.8, 4) is 0 Å². The van der Waals surface area contributed by atoms with E-state index in [2.05, 4.69) is 9.83 Å². The molecule has 0 aromatic carbocycles. The standard InChI is InChI=1S/C4H7NO4/c6-4-2-1-3-8-5(4)9-7/h7H,1-3H2. The fourth-order valence-corrected chi connectivity index (χ4v) is 0.603. The van der Waals surface area contributed by atoms with Crippen molar-refractivity contribution in [1.29, 1.82) is 0 Å². The lowest BCUT2D eigenvalue weighted by atomic mass is 10.3. The summed E-state index contributed by atoms with van der Waals surface area (Å²) in [7, 11) is 0. The summed E-state index contributed by atoms with van der Waals surface area (Å²) < 4.78 is 0. The molecule has 0 atom stereocenters. The Morgan fingerprint density at radius 1 is 1.78 bits per heavy atom. The van der Waals surface area contributed by atoms with Crippen LogP contribution < -0.4 is 0 Å². The van der Waals surface area contributed by atoms with Crippen molar-refractivity contribution < 1.29 is 19.9 Å². The number of rotatable bonds is 1. The third-order valence-corrected chi connectivity index (χ3v) is 1.02. The van der Waals surface area contributed by atoms with Crippen LogP contribution in [0.5, 0.6) is 0 Å². The van der Waals surface area contributed by atoms with Gasteiger partial charge in [0.05, 0.1) is 6.61 Å². The van der Waals surface area contributed by atoms with Crippen molar-refractivity contribution in [2.75, 3.05) is 6.61 Å². The van der Waals surface area contributed by atoms with E-state index in [-0.39, 0.29) is 5.91 Å². The first-order valence-electron chi connectivity index (χ1n) is 2.62. The number of hydrogen-bond acceptors (Lipinski definition) is 4. The zero-order valence-corrected chi connectivity index (χ0v) is 4.74. The van der Waals surface area contributed by atoms with Gasteiger partial charge in [-0.15, -0.1) is 0 Å². The third kappa shape index (κ3) is 1.38. The predicted octanol–water partition coefficient (Wildman–Crippen LogP) is -0.0550. The molecule has 1 aliphatic rings. The second kappa shape index (κ2) is 2.77. The van der Waals surface area contributed by atoms with Crippen LogP contribution in [0.3, 0.4) is 0 Å². The minimum absolute atomic E-state index is 0.358. The lowest BCUT2D eigenvalue weighted by molar-refractivity contribution is -0.484. The molecular formula is C4H7NO4. The van der Waals surface area contributed by atoms with Gasteiger partial charge in [0.15, 0.2) is 0 Å². The van der Waals surface area contributed by atoms with Crippen LogP contribution in [-0.2, 0) is 14.6 Å². The molecule has 0 aromatic rings. The molecule has 1 rings (SSSR count). The van der Waals surface area contributed by atoms with Crippen molar-refractivity contribution >= 4 is 5.91 Å². The van der Waals surface area contributed by atoms with Crippen LogP contribution in [0.4, 0.5) is 0 Å². The Kier molecular flexibility index (Phi) is 1.99. The normalized spacial score (nSPS) is 20.6. The van der Waals surface area contributed by atoms with Gasteiger partial charge in [-0.25, -0.2) is 10.1 Å². The van der Waals surface area contributed by atoms with Gasteiger partial charge in [-0.3, -0.25) is 4.79 Å². The van der Waals surface area contributed by atoms with Gasteiger partial charge in [0, 0.05) is 6.42 Å². The van der Waals surface area contributed by atoms with Gasteiger partial charge in [-0.05, 0) is 6.42 Å². The van der Waals surface area contributed by atoms with Crippen molar-refractivity contribution in [3.63, 3.8) is 0 Å². The van der Waals surface area contributed by atoms with E-state index in [1.165, 1.54) is 0 Å². The summed E-state index contributed by atoms with van der Waals surface area (Å²) in [5, 5.41) is 8.42. The summed E-state index contributed by atoms with van der Waals surface area (Å²) in [5.74, 6) is -0.358. The Morgan fingerprint density at radius 2 is 2.56 bits per heavy atom. The molecule has 1 fully saturated rings. The van der Waals surface area contributed by atoms with Gasteiger partial charge >= 0.3 is 0 Å². The molecule has 5 heteroatoms. The van der Waals surface area contributed by atoms with Crippen LogP contribution in [0, 0.1) is 0 Å². The molecule has 0 aliphatic carbocycles. The number of hydroxylamine groups is 2. The molecule has 0 spiro atoms. The van der Waals surface area contributed by atoms with Gasteiger partial charge in [-0.2, -0.15) is 0 Å². The third-order valence-electron chi connectivity index (χ3n) is 1.02. The fourth-order valence-electron chi connectivity index (χ4n) is 0.603. The average molecular weight is 133 g/mol. The highest BCUT2D eigenvalue weighted by Gasteiger charge is 2.19. The Hall–Kier alpha value is -0.650.